The van der Waals surface area contributed by atoms with E-state index in [4.69, 9.17) is 28.2 Å². The Balaban J connectivity index is 1.44. The second-order valence-corrected chi connectivity index (χ2v) is 10.1. The smallest absolute Gasteiger partial charge is 0.263 e. The molecule has 1 aliphatic carbocycles. The molecule has 0 unspecified atom stereocenters. The van der Waals surface area contributed by atoms with Crippen molar-refractivity contribution in [2.24, 2.45) is 5.41 Å². The maximum atomic E-state index is 13.4. The lowest BCUT2D eigenvalue weighted by Crippen LogP contribution is -2.43. The third kappa shape index (κ3) is 3.27. The van der Waals surface area contributed by atoms with Gasteiger partial charge in [-0.3, -0.25) is 9.36 Å². The van der Waals surface area contributed by atoms with Crippen molar-refractivity contribution >= 4 is 29.0 Å². The Morgan fingerprint density at radius 3 is 2.47 bits per heavy atom. The molecular weight excluding hydrogens is 441 g/mol. The number of halogens is 2. The zero-order valence-electron chi connectivity index (χ0n) is 18.7. The first-order valence-electron chi connectivity index (χ1n) is 11.2. The fourth-order valence-electron chi connectivity index (χ4n) is 5.71. The molecule has 0 bridgehead atoms. The first-order valence-corrected chi connectivity index (χ1v) is 12.0. The van der Waals surface area contributed by atoms with Gasteiger partial charge in [0.2, 0.25) is 0 Å². The van der Waals surface area contributed by atoms with Gasteiger partial charge in [-0.1, -0.05) is 60.5 Å². The molecule has 0 radical (unpaired) electrons. The molecule has 6 heteroatoms. The van der Waals surface area contributed by atoms with E-state index in [1.165, 1.54) is 11.1 Å². The van der Waals surface area contributed by atoms with Crippen molar-refractivity contribution in [3.05, 3.63) is 85.4 Å². The predicted octanol–water partition coefficient (Wildman–Crippen LogP) is 6.10. The first kappa shape index (κ1) is 21.5. The molecule has 1 aliphatic heterocycles. The number of rotatable bonds is 2. The summed E-state index contributed by atoms with van der Waals surface area (Å²) in [4.78, 5) is 20.5. The summed E-state index contributed by atoms with van der Waals surface area (Å²) in [5, 5.41) is 0.785. The summed E-state index contributed by atoms with van der Waals surface area (Å²) in [7, 11) is 0. The van der Waals surface area contributed by atoms with Crippen LogP contribution < -0.4 is 10.5 Å². The van der Waals surface area contributed by atoms with Gasteiger partial charge in [0.25, 0.3) is 5.56 Å². The predicted molar refractivity (Wildman–Crippen MR) is 132 cm³/mol. The summed E-state index contributed by atoms with van der Waals surface area (Å²) in [6, 6.07) is 14.2. The van der Waals surface area contributed by atoms with Crippen LogP contribution in [0.15, 0.2) is 47.3 Å². The molecule has 0 saturated carbocycles. The molecule has 2 aliphatic rings. The number of hydrogen-bond donors (Lipinski definition) is 0. The number of piperidine rings is 1. The molecule has 1 aromatic heterocycles. The van der Waals surface area contributed by atoms with Crippen LogP contribution in [0.3, 0.4) is 0 Å². The van der Waals surface area contributed by atoms with Crippen LogP contribution in [0.1, 0.15) is 48.2 Å². The highest BCUT2D eigenvalue weighted by Gasteiger charge is 2.45. The number of aromatic nitrogens is 2. The van der Waals surface area contributed by atoms with Gasteiger partial charge < -0.3 is 4.90 Å². The minimum Gasteiger partial charge on any atom is -0.356 e. The van der Waals surface area contributed by atoms with E-state index < -0.39 is 0 Å². The molecular formula is C26H27Cl2N3O. The Morgan fingerprint density at radius 1 is 1.03 bits per heavy atom. The standard InChI is InChI=1S/C26H27Cl2N3O/c1-16-24(29-18(3)31(25(16)32)22-10-6-9-21(27)23(22)28)30-13-11-26(12-14-30)15-19-7-4-5-8-20(19)17(26)2/h4-10,17H,11-15H2,1-3H3/t17-/m1/s1. The molecule has 5 rings (SSSR count). The van der Waals surface area contributed by atoms with Crippen LogP contribution in [-0.2, 0) is 6.42 Å². The van der Waals surface area contributed by atoms with E-state index in [0.29, 0.717) is 38.5 Å². The monoisotopic (exact) mass is 467 g/mol. The van der Waals surface area contributed by atoms with Crippen LogP contribution in [0.2, 0.25) is 10.0 Å². The average molecular weight is 468 g/mol. The SMILES string of the molecule is Cc1c(N2CCC3(CC2)Cc2ccccc2[C@H]3C)nc(C)n(-c2cccc(Cl)c2Cl)c1=O. The fraction of sp³-hybridized carbons (Fsp3) is 0.385. The molecule has 1 atom stereocenters. The van der Waals surface area contributed by atoms with Gasteiger partial charge in [-0.05, 0) is 67.7 Å². The Hall–Kier alpha value is -2.30. The van der Waals surface area contributed by atoms with Crippen molar-refractivity contribution < 1.29 is 0 Å². The molecule has 1 fully saturated rings. The normalized spacial score (nSPS) is 19.4. The van der Waals surface area contributed by atoms with E-state index in [0.717, 1.165) is 38.2 Å². The van der Waals surface area contributed by atoms with Gasteiger partial charge in [-0.15, -0.1) is 0 Å². The lowest BCUT2D eigenvalue weighted by Gasteiger charge is -2.43. The molecule has 1 spiro atoms. The Bertz CT molecular complexity index is 1260. The van der Waals surface area contributed by atoms with Gasteiger partial charge in [-0.2, -0.15) is 0 Å². The van der Waals surface area contributed by atoms with E-state index in [1.807, 2.05) is 13.8 Å². The van der Waals surface area contributed by atoms with Gasteiger partial charge in [-0.25, -0.2) is 4.98 Å². The number of benzene rings is 2. The zero-order valence-corrected chi connectivity index (χ0v) is 20.2. The lowest BCUT2D eigenvalue weighted by atomic mass is 9.70. The zero-order chi connectivity index (χ0) is 22.6. The maximum Gasteiger partial charge on any atom is 0.263 e. The molecule has 166 valence electrons. The van der Waals surface area contributed by atoms with E-state index in [1.54, 1.807) is 22.8 Å². The fourth-order valence-corrected chi connectivity index (χ4v) is 6.09. The minimum absolute atomic E-state index is 0.0985. The van der Waals surface area contributed by atoms with E-state index in [9.17, 15) is 4.79 Å². The van der Waals surface area contributed by atoms with Gasteiger partial charge in [0.15, 0.2) is 0 Å². The molecule has 2 heterocycles. The average Bonchev–Trinajstić information content (AvgIpc) is 3.06. The number of aryl methyl sites for hydroxylation is 1. The lowest BCUT2D eigenvalue weighted by molar-refractivity contribution is 0.194. The van der Waals surface area contributed by atoms with Crippen LogP contribution in [0.25, 0.3) is 5.69 Å². The molecule has 3 aromatic rings. The van der Waals surface area contributed by atoms with Gasteiger partial charge in [0, 0.05) is 13.1 Å². The van der Waals surface area contributed by atoms with E-state index in [2.05, 4.69) is 36.1 Å². The molecule has 4 nitrogen and oxygen atoms in total. The third-order valence-corrected chi connectivity index (χ3v) is 8.47. The first-order chi connectivity index (χ1) is 15.3. The molecule has 0 amide bonds. The van der Waals surface area contributed by atoms with Crippen LogP contribution in [0.4, 0.5) is 5.82 Å². The van der Waals surface area contributed by atoms with Crippen LogP contribution in [-0.4, -0.2) is 22.6 Å². The van der Waals surface area contributed by atoms with E-state index >= 15 is 0 Å². The summed E-state index contributed by atoms with van der Waals surface area (Å²) < 4.78 is 1.56. The van der Waals surface area contributed by atoms with Gasteiger partial charge >= 0.3 is 0 Å². The van der Waals surface area contributed by atoms with Crippen molar-refractivity contribution in [2.75, 3.05) is 18.0 Å². The molecule has 0 N–H and O–H groups in total. The van der Waals surface area contributed by atoms with Crippen molar-refractivity contribution in [3.8, 4) is 5.69 Å². The summed E-state index contributed by atoms with van der Waals surface area (Å²) >= 11 is 12.6. The summed E-state index contributed by atoms with van der Waals surface area (Å²) in [5.74, 6) is 1.97. The Morgan fingerprint density at radius 2 is 1.75 bits per heavy atom. The van der Waals surface area contributed by atoms with Crippen molar-refractivity contribution in [1.29, 1.82) is 0 Å². The van der Waals surface area contributed by atoms with Crippen molar-refractivity contribution in [2.45, 2.75) is 46.0 Å². The molecule has 32 heavy (non-hydrogen) atoms. The second kappa shape index (κ2) is 7.93. The Labute approximate surface area is 198 Å². The number of anilines is 1. The summed E-state index contributed by atoms with van der Waals surface area (Å²) in [6.45, 7) is 7.91. The van der Waals surface area contributed by atoms with Crippen molar-refractivity contribution in [3.63, 3.8) is 0 Å². The van der Waals surface area contributed by atoms with Gasteiger partial charge in [0.05, 0.1) is 21.3 Å². The Kier molecular flexibility index (Phi) is 5.34. The van der Waals surface area contributed by atoms with Crippen LogP contribution in [0.5, 0.6) is 0 Å². The van der Waals surface area contributed by atoms with Crippen LogP contribution >= 0.6 is 23.2 Å². The molecule has 1 saturated heterocycles. The quantitative estimate of drug-likeness (QED) is 0.456. The highest BCUT2D eigenvalue weighted by molar-refractivity contribution is 6.43. The second-order valence-electron chi connectivity index (χ2n) is 9.27. The number of nitrogens with zero attached hydrogens (tertiary/aromatic N) is 3. The number of hydrogen-bond acceptors (Lipinski definition) is 3. The minimum atomic E-state index is -0.0985. The summed E-state index contributed by atoms with van der Waals surface area (Å²) in [5.41, 5.74) is 4.43. The van der Waals surface area contributed by atoms with Crippen LogP contribution in [0, 0.1) is 19.3 Å². The molecule has 2 aromatic carbocycles. The van der Waals surface area contributed by atoms with E-state index in [-0.39, 0.29) is 5.56 Å². The third-order valence-electron chi connectivity index (χ3n) is 7.66. The maximum absolute atomic E-state index is 13.4. The highest BCUT2D eigenvalue weighted by atomic mass is 35.5. The topological polar surface area (TPSA) is 38.1 Å². The number of fused-ring (bicyclic) bond motifs is 1. The summed E-state index contributed by atoms with van der Waals surface area (Å²) in [6.07, 6.45) is 3.36. The largest absolute Gasteiger partial charge is 0.356 e. The highest BCUT2D eigenvalue weighted by Crippen LogP contribution is 2.53. The van der Waals surface area contributed by atoms with Gasteiger partial charge in [0.1, 0.15) is 11.6 Å². The van der Waals surface area contributed by atoms with Crippen molar-refractivity contribution in [1.82, 2.24) is 9.55 Å².